The molecule has 0 heterocycles. The van der Waals surface area contributed by atoms with Crippen LogP contribution in [0.25, 0.3) is 0 Å². The van der Waals surface area contributed by atoms with Gasteiger partial charge < -0.3 is 5.73 Å². The second-order valence-corrected chi connectivity index (χ2v) is 6.94. The number of nitrogens with two attached hydrogens (primary N) is 1. The van der Waals surface area contributed by atoms with Crippen LogP contribution in [0.2, 0.25) is 10.0 Å². The van der Waals surface area contributed by atoms with Gasteiger partial charge in [0.25, 0.3) is 0 Å². The minimum absolute atomic E-state index is 0.0620. The van der Waals surface area contributed by atoms with Crippen LogP contribution in [0.15, 0.2) is 47.4 Å². The maximum absolute atomic E-state index is 12.4. The van der Waals surface area contributed by atoms with Crippen LogP contribution in [0.3, 0.4) is 0 Å². The van der Waals surface area contributed by atoms with Crippen LogP contribution >= 0.6 is 23.2 Å². The summed E-state index contributed by atoms with van der Waals surface area (Å²) < 4.78 is 27.2. The second-order valence-electron chi connectivity index (χ2n) is 4.39. The van der Waals surface area contributed by atoms with E-state index in [1.54, 1.807) is 6.07 Å². The van der Waals surface area contributed by atoms with Crippen LogP contribution in [-0.4, -0.2) is 8.42 Å². The highest BCUT2D eigenvalue weighted by Gasteiger charge is 2.20. The molecule has 0 radical (unpaired) electrons. The minimum atomic E-state index is -3.77. The Labute approximate surface area is 133 Å². The van der Waals surface area contributed by atoms with Crippen molar-refractivity contribution in [3.8, 4) is 0 Å². The summed E-state index contributed by atoms with van der Waals surface area (Å²) in [5.74, 6) is 0. The van der Waals surface area contributed by atoms with Gasteiger partial charge in [0.15, 0.2) is 0 Å². The first-order valence-electron chi connectivity index (χ1n) is 6.15. The zero-order chi connectivity index (χ0) is 15.5. The lowest BCUT2D eigenvalue weighted by atomic mass is 10.2. The lowest BCUT2D eigenvalue weighted by Gasteiger charge is -2.11. The summed E-state index contributed by atoms with van der Waals surface area (Å²) in [6.45, 7) is 0.282. The lowest BCUT2D eigenvalue weighted by Crippen LogP contribution is -2.24. The zero-order valence-corrected chi connectivity index (χ0v) is 13.3. The number of hydrogen-bond acceptors (Lipinski definition) is 3. The molecule has 0 fully saturated rings. The van der Waals surface area contributed by atoms with E-state index in [0.717, 1.165) is 5.56 Å². The third-order valence-electron chi connectivity index (χ3n) is 2.90. The Kier molecular flexibility index (Phi) is 5.24. The molecule has 0 unspecified atom stereocenters. The Morgan fingerprint density at radius 3 is 2.38 bits per heavy atom. The van der Waals surface area contributed by atoms with Crippen LogP contribution in [0.4, 0.5) is 0 Å². The first-order chi connectivity index (χ1) is 9.94. The Morgan fingerprint density at radius 2 is 1.76 bits per heavy atom. The summed E-state index contributed by atoms with van der Waals surface area (Å²) in [5, 5.41) is 0.377. The molecular weight excluding hydrogens is 331 g/mol. The van der Waals surface area contributed by atoms with Gasteiger partial charge in [0.05, 0.1) is 5.02 Å². The Balaban J connectivity index is 2.30. The molecule has 112 valence electrons. The van der Waals surface area contributed by atoms with Crippen molar-refractivity contribution in [2.75, 3.05) is 0 Å². The fourth-order valence-corrected chi connectivity index (χ4v) is 3.77. The Morgan fingerprint density at radius 1 is 1.10 bits per heavy atom. The summed E-state index contributed by atoms with van der Waals surface area (Å²) in [6.07, 6.45) is 0. The predicted molar refractivity (Wildman–Crippen MR) is 84.8 cm³/mol. The number of halogens is 2. The number of sulfonamides is 1. The third-order valence-corrected chi connectivity index (χ3v) is 5.10. The molecular formula is C14H14Cl2N2O2S. The van der Waals surface area contributed by atoms with E-state index in [2.05, 4.69) is 4.72 Å². The average molecular weight is 345 g/mol. The number of nitrogens with one attached hydrogen (secondary N) is 1. The van der Waals surface area contributed by atoms with E-state index >= 15 is 0 Å². The second kappa shape index (κ2) is 6.77. The maximum Gasteiger partial charge on any atom is 0.242 e. The van der Waals surface area contributed by atoms with Crippen molar-refractivity contribution < 1.29 is 8.42 Å². The number of rotatable bonds is 5. The topological polar surface area (TPSA) is 72.2 Å². The van der Waals surface area contributed by atoms with Crippen LogP contribution < -0.4 is 10.5 Å². The van der Waals surface area contributed by atoms with E-state index in [9.17, 15) is 8.42 Å². The lowest BCUT2D eigenvalue weighted by molar-refractivity contribution is 0.581. The molecule has 2 rings (SSSR count). The van der Waals surface area contributed by atoms with Gasteiger partial charge in [-0.15, -0.1) is 0 Å². The molecule has 4 nitrogen and oxygen atoms in total. The SMILES string of the molecule is NCc1cc(Cl)cc(S(=O)(=O)NCc2ccccc2)c1Cl. The van der Waals surface area contributed by atoms with Gasteiger partial charge in [-0.05, 0) is 23.3 Å². The van der Waals surface area contributed by atoms with Crippen LogP contribution in [-0.2, 0) is 23.1 Å². The van der Waals surface area contributed by atoms with Gasteiger partial charge in [0.1, 0.15) is 4.90 Å². The molecule has 0 atom stereocenters. The van der Waals surface area contributed by atoms with Crippen LogP contribution in [0, 0.1) is 0 Å². The monoisotopic (exact) mass is 344 g/mol. The van der Waals surface area contributed by atoms with Crippen LogP contribution in [0.1, 0.15) is 11.1 Å². The van der Waals surface area contributed by atoms with Crippen molar-refractivity contribution in [1.82, 2.24) is 4.72 Å². The molecule has 0 saturated carbocycles. The fourth-order valence-electron chi connectivity index (χ4n) is 1.81. The minimum Gasteiger partial charge on any atom is -0.326 e. The largest absolute Gasteiger partial charge is 0.326 e. The van der Waals surface area contributed by atoms with E-state index in [4.69, 9.17) is 28.9 Å². The third kappa shape index (κ3) is 3.96. The predicted octanol–water partition coefficient (Wildman–Crippen LogP) is 2.93. The Bertz CT molecular complexity index is 734. The smallest absolute Gasteiger partial charge is 0.242 e. The molecule has 0 spiro atoms. The highest BCUT2D eigenvalue weighted by Crippen LogP contribution is 2.29. The average Bonchev–Trinajstić information content (AvgIpc) is 2.48. The van der Waals surface area contributed by atoms with Gasteiger partial charge in [0.2, 0.25) is 10.0 Å². The molecule has 0 aliphatic heterocycles. The van der Waals surface area contributed by atoms with Gasteiger partial charge in [-0.25, -0.2) is 13.1 Å². The summed E-state index contributed by atoms with van der Waals surface area (Å²) in [7, 11) is -3.77. The molecule has 7 heteroatoms. The van der Waals surface area contributed by atoms with Gasteiger partial charge >= 0.3 is 0 Å². The van der Waals surface area contributed by atoms with Gasteiger partial charge in [-0.2, -0.15) is 0 Å². The summed E-state index contributed by atoms with van der Waals surface area (Å²) in [5.41, 5.74) is 6.87. The zero-order valence-electron chi connectivity index (χ0n) is 11.0. The molecule has 0 aromatic heterocycles. The van der Waals surface area contributed by atoms with Crippen LogP contribution in [0.5, 0.6) is 0 Å². The van der Waals surface area contributed by atoms with Crippen molar-refractivity contribution in [2.24, 2.45) is 5.73 Å². The molecule has 0 saturated heterocycles. The van der Waals surface area contributed by atoms with E-state index in [-0.39, 0.29) is 28.0 Å². The van der Waals surface area contributed by atoms with Crippen molar-refractivity contribution in [3.63, 3.8) is 0 Å². The number of benzene rings is 2. The van der Waals surface area contributed by atoms with E-state index in [0.29, 0.717) is 5.56 Å². The van der Waals surface area contributed by atoms with Gasteiger partial charge in [-0.1, -0.05) is 53.5 Å². The summed E-state index contributed by atoms with van der Waals surface area (Å²) in [4.78, 5) is -0.0620. The first kappa shape index (κ1) is 16.3. The standard InChI is InChI=1S/C14H14Cl2N2O2S/c15-12-6-11(8-17)14(16)13(7-12)21(19,20)18-9-10-4-2-1-3-5-10/h1-7,18H,8-9,17H2. The number of hydrogen-bond donors (Lipinski definition) is 2. The molecule has 0 amide bonds. The van der Waals surface area contributed by atoms with Gasteiger partial charge in [0, 0.05) is 18.1 Å². The molecule has 2 aromatic carbocycles. The van der Waals surface area contributed by atoms with Crippen molar-refractivity contribution in [3.05, 3.63) is 63.6 Å². The summed E-state index contributed by atoms with van der Waals surface area (Å²) in [6, 6.07) is 12.1. The van der Waals surface area contributed by atoms with Crippen molar-refractivity contribution >= 4 is 33.2 Å². The molecule has 0 aliphatic rings. The normalized spacial score (nSPS) is 11.6. The highest BCUT2D eigenvalue weighted by atomic mass is 35.5. The van der Waals surface area contributed by atoms with E-state index < -0.39 is 10.0 Å². The molecule has 21 heavy (non-hydrogen) atoms. The Hall–Kier alpha value is -1.11. The molecule has 2 aromatic rings. The molecule has 0 aliphatic carbocycles. The summed E-state index contributed by atoms with van der Waals surface area (Å²) >= 11 is 12.0. The highest BCUT2D eigenvalue weighted by molar-refractivity contribution is 7.89. The van der Waals surface area contributed by atoms with E-state index in [1.165, 1.54) is 6.07 Å². The van der Waals surface area contributed by atoms with Gasteiger partial charge in [-0.3, -0.25) is 0 Å². The molecule has 3 N–H and O–H groups in total. The van der Waals surface area contributed by atoms with Crippen molar-refractivity contribution in [1.29, 1.82) is 0 Å². The maximum atomic E-state index is 12.4. The molecule has 0 bridgehead atoms. The quantitative estimate of drug-likeness (QED) is 0.875. The van der Waals surface area contributed by atoms with Crippen molar-refractivity contribution in [2.45, 2.75) is 18.0 Å². The first-order valence-corrected chi connectivity index (χ1v) is 8.39. The van der Waals surface area contributed by atoms with E-state index in [1.807, 2.05) is 30.3 Å². The fraction of sp³-hybridized carbons (Fsp3) is 0.143.